The molecule has 1 fully saturated rings. The summed E-state index contributed by atoms with van der Waals surface area (Å²) in [5.74, 6) is 0.781. The minimum Gasteiger partial charge on any atom is -0.337 e. The van der Waals surface area contributed by atoms with Crippen LogP contribution >= 0.6 is 11.6 Å². The van der Waals surface area contributed by atoms with Crippen molar-refractivity contribution in [2.75, 3.05) is 31.1 Å². The third kappa shape index (κ3) is 1.72. The Morgan fingerprint density at radius 1 is 1.31 bits per heavy atom. The average molecular weight is 238 g/mol. The van der Waals surface area contributed by atoms with Gasteiger partial charge in [-0.2, -0.15) is 4.98 Å². The monoisotopic (exact) mass is 237 g/mol. The molecular weight excluding hydrogens is 226 g/mol. The molecule has 84 valence electrons. The van der Waals surface area contributed by atoms with Gasteiger partial charge in [-0.05, 0) is 6.07 Å². The Bertz CT molecular complexity index is 503. The van der Waals surface area contributed by atoms with E-state index in [1.54, 1.807) is 4.52 Å². The lowest BCUT2D eigenvalue weighted by Gasteiger charge is -2.25. The molecule has 0 amide bonds. The van der Waals surface area contributed by atoms with Gasteiger partial charge >= 0.3 is 0 Å². The molecular formula is C10H12ClN5. The fourth-order valence-corrected chi connectivity index (χ4v) is 2.00. The molecule has 0 saturated carbocycles. The molecule has 2 aromatic rings. The first-order valence-electron chi connectivity index (χ1n) is 5.30. The summed E-state index contributed by atoms with van der Waals surface area (Å²) in [6.45, 7) is 3.86. The van der Waals surface area contributed by atoms with Crippen LogP contribution in [0.1, 0.15) is 0 Å². The molecule has 5 nitrogen and oxygen atoms in total. The van der Waals surface area contributed by atoms with Crippen LogP contribution in [0.2, 0.25) is 5.02 Å². The number of anilines is 1. The average Bonchev–Trinajstić information content (AvgIpc) is 2.73. The Morgan fingerprint density at radius 2 is 2.12 bits per heavy atom. The quantitative estimate of drug-likeness (QED) is 0.797. The molecule has 0 aliphatic carbocycles. The highest BCUT2D eigenvalue weighted by atomic mass is 35.5. The lowest BCUT2D eigenvalue weighted by molar-refractivity contribution is 0.580. The minimum absolute atomic E-state index is 0.687. The van der Waals surface area contributed by atoms with Crippen molar-refractivity contribution in [1.82, 2.24) is 19.9 Å². The Hall–Kier alpha value is -1.33. The van der Waals surface area contributed by atoms with Crippen LogP contribution in [0.15, 0.2) is 18.3 Å². The number of rotatable bonds is 1. The third-order valence-electron chi connectivity index (χ3n) is 2.69. The number of hydrogen-bond acceptors (Lipinski definition) is 4. The minimum atomic E-state index is 0.687. The second-order valence-electron chi connectivity index (χ2n) is 3.80. The van der Waals surface area contributed by atoms with Crippen molar-refractivity contribution in [2.45, 2.75) is 0 Å². The smallest absolute Gasteiger partial charge is 0.245 e. The van der Waals surface area contributed by atoms with Gasteiger partial charge in [0.25, 0.3) is 0 Å². The third-order valence-corrected chi connectivity index (χ3v) is 2.92. The van der Waals surface area contributed by atoms with E-state index < -0.39 is 0 Å². The van der Waals surface area contributed by atoms with Gasteiger partial charge in [0.1, 0.15) is 0 Å². The van der Waals surface area contributed by atoms with Gasteiger partial charge in [0, 0.05) is 43.5 Å². The summed E-state index contributed by atoms with van der Waals surface area (Å²) in [6, 6.07) is 3.63. The zero-order valence-electron chi connectivity index (χ0n) is 8.73. The van der Waals surface area contributed by atoms with Gasteiger partial charge in [-0.1, -0.05) is 11.6 Å². The van der Waals surface area contributed by atoms with Crippen molar-refractivity contribution in [3.8, 4) is 0 Å². The van der Waals surface area contributed by atoms with E-state index >= 15 is 0 Å². The lowest BCUT2D eigenvalue weighted by Crippen LogP contribution is -2.44. The molecule has 1 aliphatic heterocycles. The van der Waals surface area contributed by atoms with E-state index in [1.165, 1.54) is 0 Å². The van der Waals surface area contributed by atoms with Crippen molar-refractivity contribution in [3.63, 3.8) is 0 Å². The van der Waals surface area contributed by atoms with Crippen molar-refractivity contribution < 1.29 is 0 Å². The summed E-state index contributed by atoms with van der Waals surface area (Å²) in [5.41, 5.74) is 0.793. The molecule has 3 rings (SSSR count). The molecule has 0 unspecified atom stereocenters. The molecule has 1 saturated heterocycles. The standard InChI is InChI=1S/C10H12ClN5/c11-8-1-4-16-9(7-8)13-10(14-16)15-5-2-12-3-6-15/h1,4,7,12H,2-3,5-6H2. The second kappa shape index (κ2) is 3.92. The number of pyridine rings is 1. The maximum atomic E-state index is 5.91. The van der Waals surface area contributed by atoms with Gasteiger partial charge in [0.15, 0.2) is 5.65 Å². The molecule has 1 aliphatic rings. The van der Waals surface area contributed by atoms with E-state index in [0.29, 0.717) is 5.02 Å². The number of nitrogens with zero attached hydrogens (tertiary/aromatic N) is 4. The predicted molar refractivity (Wildman–Crippen MR) is 63.1 cm³/mol. The van der Waals surface area contributed by atoms with Crippen LogP contribution in [0.25, 0.3) is 5.65 Å². The van der Waals surface area contributed by atoms with Crippen molar-refractivity contribution in [1.29, 1.82) is 0 Å². The molecule has 6 heteroatoms. The Kier molecular flexibility index (Phi) is 2.41. The van der Waals surface area contributed by atoms with Crippen molar-refractivity contribution in [2.24, 2.45) is 0 Å². The van der Waals surface area contributed by atoms with E-state index in [0.717, 1.165) is 37.8 Å². The van der Waals surface area contributed by atoms with Crippen LogP contribution in [0.3, 0.4) is 0 Å². The van der Waals surface area contributed by atoms with E-state index in [2.05, 4.69) is 20.3 Å². The van der Waals surface area contributed by atoms with Gasteiger partial charge in [-0.15, -0.1) is 5.10 Å². The molecule has 0 bridgehead atoms. The highest BCUT2D eigenvalue weighted by molar-refractivity contribution is 6.30. The molecule has 16 heavy (non-hydrogen) atoms. The van der Waals surface area contributed by atoms with Crippen molar-refractivity contribution >= 4 is 23.2 Å². The maximum absolute atomic E-state index is 5.91. The van der Waals surface area contributed by atoms with Crippen LogP contribution in [0.4, 0.5) is 5.95 Å². The number of hydrogen-bond donors (Lipinski definition) is 1. The highest BCUT2D eigenvalue weighted by Crippen LogP contribution is 2.14. The van der Waals surface area contributed by atoms with Crippen molar-refractivity contribution in [3.05, 3.63) is 23.4 Å². The van der Waals surface area contributed by atoms with Crippen LogP contribution in [0, 0.1) is 0 Å². The molecule has 0 radical (unpaired) electrons. The van der Waals surface area contributed by atoms with Crippen LogP contribution in [-0.4, -0.2) is 40.8 Å². The molecule has 3 heterocycles. The molecule has 1 N–H and O–H groups in total. The van der Waals surface area contributed by atoms with Gasteiger partial charge in [0.05, 0.1) is 0 Å². The number of fused-ring (bicyclic) bond motifs is 1. The lowest BCUT2D eigenvalue weighted by atomic mass is 10.4. The summed E-state index contributed by atoms with van der Waals surface area (Å²) < 4.78 is 1.75. The summed E-state index contributed by atoms with van der Waals surface area (Å²) >= 11 is 5.91. The van der Waals surface area contributed by atoms with Crippen LogP contribution in [0.5, 0.6) is 0 Å². The highest BCUT2D eigenvalue weighted by Gasteiger charge is 2.14. The number of nitrogens with one attached hydrogen (secondary N) is 1. The van der Waals surface area contributed by atoms with E-state index in [-0.39, 0.29) is 0 Å². The SMILES string of the molecule is Clc1ccn2nc(N3CCNCC3)nc2c1. The molecule has 0 spiro atoms. The zero-order chi connectivity index (χ0) is 11.0. The zero-order valence-corrected chi connectivity index (χ0v) is 9.48. The van der Waals surface area contributed by atoms with Gasteiger partial charge in [-0.25, -0.2) is 4.52 Å². The Morgan fingerprint density at radius 3 is 2.94 bits per heavy atom. The maximum Gasteiger partial charge on any atom is 0.245 e. The largest absolute Gasteiger partial charge is 0.337 e. The Balaban J connectivity index is 1.97. The van der Waals surface area contributed by atoms with Crippen LogP contribution in [-0.2, 0) is 0 Å². The second-order valence-corrected chi connectivity index (χ2v) is 4.23. The first-order valence-corrected chi connectivity index (χ1v) is 5.68. The number of aromatic nitrogens is 3. The van der Waals surface area contributed by atoms with Gasteiger partial charge < -0.3 is 10.2 Å². The molecule has 2 aromatic heterocycles. The fraction of sp³-hybridized carbons (Fsp3) is 0.400. The van der Waals surface area contributed by atoms with Gasteiger partial charge in [0.2, 0.25) is 5.95 Å². The summed E-state index contributed by atoms with van der Waals surface area (Å²) in [5, 5.41) is 8.41. The summed E-state index contributed by atoms with van der Waals surface area (Å²) in [4.78, 5) is 6.64. The topological polar surface area (TPSA) is 45.5 Å². The Labute approximate surface area is 98.0 Å². The number of halogens is 1. The number of piperazine rings is 1. The molecule has 0 atom stereocenters. The van der Waals surface area contributed by atoms with Crippen LogP contribution < -0.4 is 10.2 Å². The summed E-state index contributed by atoms with van der Waals surface area (Å²) in [6.07, 6.45) is 1.83. The predicted octanol–water partition coefficient (Wildman–Crippen LogP) is 0.792. The fourth-order valence-electron chi connectivity index (χ4n) is 1.84. The molecule has 0 aromatic carbocycles. The van der Waals surface area contributed by atoms with E-state index in [9.17, 15) is 0 Å². The van der Waals surface area contributed by atoms with E-state index in [1.807, 2.05) is 18.3 Å². The summed E-state index contributed by atoms with van der Waals surface area (Å²) in [7, 11) is 0. The normalized spacial score (nSPS) is 16.9. The first kappa shape index (κ1) is 9.86. The van der Waals surface area contributed by atoms with E-state index in [4.69, 9.17) is 11.6 Å². The first-order chi connectivity index (χ1) is 7.83. The van der Waals surface area contributed by atoms with Gasteiger partial charge in [-0.3, -0.25) is 0 Å².